The van der Waals surface area contributed by atoms with Crippen molar-refractivity contribution in [2.24, 2.45) is 15.9 Å². The van der Waals surface area contributed by atoms with Crippen LogP contribution in [-0.2, 0) is 25.4 Å². The maximum atomic E-state index is 5.71. The van der Waals surface area contributed by atoms with Gasteiger partial charge in [-0.1, -0.05) is 13.8 Å². The van der Waals surface area contributed by atoms with Gasteiger partial charge >= 0.3 is 6.72 Å². The molecule has 0 aromatic carbocycles. The standard InChI is InChI=1S/C11H21N2O3PS/c1-5-14-17(18,15-6-2)16-10-7-12-11(9(3)4)13-8-10/h7,9-10H,5-6,8H2,1-4H3. The molecular formula is C11H21N2O3PS. The van der Waals surface area contributed by atoms with E-state index in [9.17, 15) is 0 Å². The minimum Gasteiger partial charge on any atom is -0.309 e. The predicted octanol–water partition coefficient (Wildman–Crippen LogP) is 2.81. The summed E-state index contributed by atoms with van der Waals surface area (Å²) in [6, 6.07) is 0. The zero-order valence-corrected chi connectivity index (χ0v) is 13.0. The first-order valence-corrected chi connectivity index (χ1v) is 8.72. The molecule has 18 heavy (non-hydrogen) atoms. The average Bonchev–Trinajstić information content (AvgIpc) is 2.30. The molecule has 0 N–H and O–H groups in total. The maximum absolute atomic E-state index is 5.71. The van der Waals surface area contributed by atoms with Gasteiger partial charge in [-0.15, -0.1) is 0 Å². The monoisotopic (exact) mass is 292 g/mol. The largest absolute Gasteiger partial charge is 0.327 e. The van der Waals surface area contributed by atoms with Gasteiger partial charge in [-0.05, 0) is 25.7 Å². The summed E-state index contributed by atoms with van der Waals surface area (Å²) in [5.41, 5.74) is 0. The molecule has 0 saturated heterocycles. The van der Waals surface area contributed by atoms with Crippen molar-refractivity contribution in [1.82, 2.24) is 0 Å². The molecular weight excluding hydrogens is 271 g/mol. The summed E-state index contributed by atoms with van der Waals surface area (Å²) in [5.74, 6) is 1.17. The molecule has 0 amide bonds. The van der Waals surface area contributed by atoms with E-state index in [-0.39, 0.29) is 6.10 Å². The Hall–Kier alpha value is -0.130. The van der Waals surface area contributed by atoms with Gasteiger partial charge in [0.25, 0.3) is 0 Å². The number of hydrogen-bond donors (Lipinski definition) is 0. The number of nitrogens with zero attached hydrogens (tertiary/aromatic N) is 2. The van der Waals surface area contributed by atoms with Gasteiger partial charge in [0, 0.05) is 12.1 Å². The molecule has 1 heterocycles. The van der Waals surface area contributed by atoms with Crippen molar-refractivity contribution in [1.29, 1.82) is 0 Å². The highest BCUT2D eigenvalue weighted by atomic mass is 32.5. The maximum Gasteiger partial charge on any atom is 0.327 e. The number of amidine groups is 1. The lowest BCUT2D eigenvalue weighted by atomic mass is 10.2. The molecule has 0 saturated carbocycles. The SMILES string of the molecule is CCOP(=S)(OCC)OC1C=NC(C(C)C)=NC1. The molecule has 0 aromatic rings. The summed E-state index contributed by atoms with van der Waals surface area (Å²) >= 11 is 5.30. The van der Waals surface area contributed by atoms with Crippen molar-refractivity contribution in [3.8, 4) is 0 Å². The first-order valence-electron chi connectivity index (χ1n) is 6.16. The average molecular weight is 292 g/mol. The molecule has 0 radical (unpaired) electrons. The van der Waals surface area contributed by atoms with E-state index in [2.05, 4.69) is 23.8 Å². The zero-order valence-electron chi connectivity index (χ0n) is 11.3. The van der Waals surface area contributed by atoms with Crippen LogP contribution in [0.4, 0.5) is 0 Å². The van der Waals surface area contributed by atoms with Crippen molar-refractivity contribution < 1.29 is 13.6 Å². The molecule has 7 heteroatoms. The Morgan fingerprint density at radius 1 is 1.39 bits per heavy atom. The van der Waals surface area contributed by atoms with Crippen molar-refractivity contribution in [3.05, 3.63) is 0 Å². The van der Waals surface area contributed by atoms with Crippen molar-refractivity contribution in [3.63, 3.8) is 0 Å². The first-order chi connectivity index (χ1) is 8.50. The molecule has 1 atom stereocenters. The third-order valence-electron chi connectivity index (χ3n) is 2.16. The highest BCUT2D eigenvalue weighted by Gasteiger charge is 2.25. The smallest absolute Gasteiger partial charge is 0.309 e. The van der Waals surface area contributed by atoms with E-state index in [1.807, 2.05) is 13.8 Å². The van der Waals surface area contributed by atoms with E-state index in [1.165, 1.54) is 0 Å². The van der Waals surface area contributed by atoms with Gasteiger partial charge in [0.05, 0.1) is 19.8 Å². The second-order valence-electron chi connectivity index (χ2n) is 4.06. The molecule has 5 nitrogen and oxygen atoms in total. The van der Waals surface area contributed by atoms with Crippen LogP contribution < -0.4 is 0 Å². The number of aliphatic imine (C=N–C) groups is 2. The Morgan fingerprint density at radius 2 is 2.00 bits per heavy atom. The Morgan fingerprint density at radius 3 is 2.39 bits per heavy atom. The quantitative estimate of drug-likeness (QED) is 0.677. The van der Waals surface area contributed by atoms with Crippen LogP contribution in [-0.4, -0.2) is 37.9 Å². The number of rotatable bonds is 7. The van der Waals surface area contributed by atoms with Gasteiger partial charge in [-0.25, -0.2) is 4.99 Å². The van der Waals surface area contributed by atoms with Crippen LogP contribution in [0.5, 0.6) is 0 Å². The van der Waals surface area contributed by atoms with Gasteiger partial charge in [-0.3, -0.25) is 9.52 Å². The van der Waals surface area contributed by atoms with Crippen LogP contribution in [0.25, 0.3) is 0 Å². The fourth-order valence-electron chi connectivity index (χ4n) is 1.40. The molecule has 0 aromatic heterocycles. The fraction of sp³-hybridized carbons (Fsp3) is 0.818. The van der Waals surface area contributed by atoms with E-state index >= 15 is 0 Å². The highest BCUT2D eigenvalue weighted by Crippen LogP contribution is 2.50. The molecule has 0 aliphatic carbocycles. The minimum atomic E-state index is -2.66. The molecule has 0 bridgehead atoms. The molecule has 1 rings (SSSR count). The summed E-state index contributed by atoms with van der Waals surface area (Å²) in [6.07, 6.45) is 1.48. The Bertz CT molecular complexity index is 361. The fourth-order valence-corrected chi connectivity index (χ4v) is 3.65. The van der Waals surface area contributed by atoms with Gasteiger partial charge in [-0.2, -0.15) is 0 Å². The molecule has 104 valence electrons. The van der Waals surface area contributed by atoms with Crippen LogP contribution in [0.3, 0.4) is 0 Å². The van der Waals surface area contributed by atoms with Crippen LogP contribution in [0, 0.1) is 5.92 Å². The van der Waals surface area contributed by atoms with E-state index < -0.39 is 6.72 Å². The second kappa shape index (κ2) is 7.46. The number of hydrogen-bond acceptors (Lipinski definition) is 6. The summed E-state index contributed by atoms with van der Waals surface area (Å²) < 4.78 is 16.5. The lowest BCUT2D eigenvalue weighted by Crippen LogP contribution is -2.25. The topological polar surface area (TPSA) is 52.4 Å². The first kappa shape index (κ1) is 15.9. The van der Waals surface area contributed by atoms with Crippen LogP contribution in [0.2, 0.25) is 0 Å². The van der Waals surface area contributed by atoms with E-state index in [4.69, 9.17) is 25.4 Å². The van der Waals surface area contributed by atoms with E-state index in [0.717, 1.165) is 5.84 Å². The van der Waals surface area contributed by atoms with Gasteiger partial charge < -0.3 is 9.05 Å². The summed E-state index contributed by atoms with van der Waals surface area (Å²) in [4.78, 5) is 8.64. The van der Waals surface area contributed by atoms with Crippen molar-refractivity contribution >= 4 is 30.6 Å². The zero-order chi connectivity index (χ0) is 13.6. The Balaban J connectivity index is 2.59. The molecule has 1 aliphatic rings. The van der Waals surface area contributed by atoms with Crippen LogP contribution >= 0.6 is 6.72 Å². The summed E-state index contributed by atoms with van der Waals surface area (Å²) in [6.45, 7) is 6.66. The summed E-state index contributed by atoms with van der Waals surface area (Å²) in [5, 5.41) is 0. The van der Waals surface area contributed by atoms with Crippen molar-refractivity contribution in [2.75, 3.05) is 19.8 Å². The molecule has 0 fully saturated rings. The Labute approximate surface area is 114 Å². The van der Waals surface area contributed by atoms with Crippen LogP contribution in [0.1, 0.15) is 27.7 Å². The molecule has 0 spiro atoms. The third-order valence-corrected chi connectivity index (χ3v) is 4.73. The van der Waals surface area contributed by atoms with Crippen molar-refractivity contribution in [2.45, 2.75) is 33.8 Å². The summed E-state index contributed by atoms with van der Waals surface area (Å²) in [7, 11) is 0. The van der Waals surface area contributed by atoms with Gasteiger partial charge in [0.1, 0.15) is 11.9 Å². The lowest BCUT2D eigenvalue weighted by Gasteiger charge is -2.25. The molecule has 1 unspecified atom stereocenters. The predicted molar refractivity (Wildman–Crippen MR) is 78.0 cm³/mol. The van der Waals surface area contributed by atoms with E-state index in [1.54, 1.807) is 6.21 Å². The lowest BCUT2D eigenvalue weighted by molar-refractivity contribution is 0.153. The normalized spacial score (nSPS) is 20.3. The minimum absolute atomic E-state index is 0.253. The highest BCUT2D eigenvalue weighted by molar-refractivity contribution is 8.07. The molecule has 1 aliphatic heterocycles. The third kappa shape index (κ3) is 4.86. The van der Waals surface area contributed by atoms with E-state index in [0.29, 0.717) is 25.7 Å². The Kier molecular flexibility index (Phi) is 6.60. The van der Waals surface area contributed by atoms with Gasteiger partial charge in [0.15, 0.2) is 0 Å². The second-order valence-corrected chi connectivity index (χ2v) is 7.02. The van der Waals surface area contributed by atoms with Gasteiger partial charge in [0.2, 0.25) is 0 Å². The van der Waals surface area contributed by atoms with Crippen LogP contribution in [0.15, 0.2) is 9.98 Å².